The molecule has 0 aliphatic carbocycles. The summed E-state index contributed by atoms with van der Waals surface area (Å²) in [6, 6.07) is 8.29. The average molecular weight is 398 g/mol. The number of rotatable bonds is 7. The van der Waals surface area contributed by atoms with Gasteiger partial charge in [-0.15, -0.1) is 0 Å². The zero-order valence-corrected chi connectivity index (χ0v) is 16.9. The fourth-order valence-electron chi connectivity index (χ4n) is 2.98. The maximum absolute atomic E-state index is 12.6. The first-order valence-electron chi connectivity index (χ1n) is 8.72. The molecule has 29 heavy (non-hydrogen) atoms. The van der Waals surface area contributed by atoms with Gasteiger partial charge in [-0.05, 0) is 23.8 Å². The van der Waals surface area contributed by atoms with Gasteiger partial charge in [0.2, 0.25) is 5.75 Å². The molecule has 0 saturated carbocycles. The Morgan fingerprint density at radius 1 is 0.724 bits per heavy atom. The van der Waals surface area contributed by atoms with Crippen LogP contribution in [0.1, 0.15) is 11.3 Å². The molecular formula is C22H22O7. The topological polar surface area (TPSA) is 76.4 Å². The van der Waals surface area contributed by atoms with Crippen molar-refractivity contribution in [3.8, 4) is 28.7 Å². The second-order valence-electron chi connectivity index (χ2n) is 6.01. The smallest absolute Gasteiger partial charge is 0.203 e. The van der Waals surface area contributed by atoms with Crippen LogP contribution in [-0.2, 0) is 0 Å². The molecule has 0 aliphatic rings. The van der Waals surface area contributed by atoms with Crippen LogP contribution in [-0.4, -0.2) is 35.5 Å². The molecule has 7 heteroatoms. The van der Waals surface area contributed by atoms with Crippen LogP contribution >= 0.6 is 0 Å². The van der Waals surface area contributed by atoms with E-state index in [-0.39, 0.29) is 5.43 Å². The lowest BCUT2D eigenvalue weighted by Crippen LogP contribution is -2.03. The fraction of sp³-hybridized carbons (Fsp3) is 0.227. The molecule has 0 fully saturated rings. The molecule has 3 rings (SSSR count). The Hall–Kier alpha value is -3.61. The largest absolute Gasteiger partial charge is 0.496 e. The number of hydrogen-bond acceptors (Lipinski definition) is 7. The Labute approximate surface area is 168 Å². The number of ether oxygens (including phenoxy) is 5. The summed E-state index contributed by atoms with van der Waals surface area (Å²) in [5.41, 5.74) is 0.944. The lowest BCUT2D eigenvalue weighted by molar-refractivity contribution is 0.324. The van der Waals surface area contributed by atoms with E-state index < -0.39 is 0 Å². The van der Waals surface area contributed by atoms with E-state index >= 15 is 0 Å². The van der Waals surface area contributed by atoms with Gasteiger partial charge in [0, 0.05) is 18.2 Å². The molecule has 0 radical (unpaired) electrons. The highest BCUT2D eigenvalue weighted by Crippen LogP contribution is 2.38. The molecule has 0 spiro atoms. The van der Waals surface area contributed by atoms with Crippen molar-refractivity contribution in [2.75, 3.05) is 35.5 Å². The Balaban J connectivity index is 2.06. The van der Waals surface area contributed by atoms with Crippen LogP contribution in [0.25, 0.3) is 23.1 Å². The van der Waals surface area contributed by atoms with E-state index in [2.05, 4.69) is 0 Å². The fourth-order valence-corrected chi connectivity index (χ4v) is 2.98. The third-order valence-corrected chi connectivity index (χ3v) is 4.37. The van der Waals surface area contributed by atoms with Crippen LogP contribution in [0.5, 0.6) is 28.7 Å². The van der Waals surface area contributed by atoms with Crippen LogP contribution in [0.3, 0.4) is 0 Å². The van der Waals surface area contributed by atoms with Crippen molar-refractivity contribution in [2.24, 2.45) is 0 Å². The second-order valence-corrected chi connectivity index (χ2v) is 6.01. The molecule has 0 N–H and O–H groups in total. The number of methoxy groups -OCH3 is 5. The lowest BCUT2D eigenvalue weighted by Gasteiger charge is -2.12. The second kappa shape index (κ2) is 8.60. The number of hydrogen-bond donors (Lipinski definition) is 0. The summed E-state index contributed by atoms with van der Waals surface area (Å²) in [5, 5.41) is 0.359. The Bertz CT molecular complexity index is 1090. The highest BCUT2D eigenvalue weighted by molar-refractivity contribution is 5.86. The SMILES string of the molecule is COc1cc(OC)c2c(=O)cc(/C=C/c3cc(OC)c(OC)c(OC)c3)oc2c1. The van der Waals surface area contributed by atoms with Gasteiger partial charge in [0.05, 0.1) is 35.5 Å². The van der Waals surface area contributed by atoms with Gasteiger partial charge in [-0.3, -0.25) is 4.79 Å². The van der Waals surface area contributed by atoms with E-state index in [9.17, 15) is 4.79 Å². The van der Waals surface area contributed by atoms with Crippen LogP contribution in [0.2, 0.25) is 0 Å². The van der Waals surface area contributed by atoms with Crippen LogP contribution in [0, 0.1) is 0 Å². The van der Waals surface area contributed by atoms with Gasteiger partial charge in [-0.2, -0.15) is 0 Å². The van der Waals surface area contributed by atoms with Crippen LogP contribution in [0.4, 0.5) is 0 Å². The maximum Gasteiger partial charge on any atom is 0.203 e. The molecule has 2 aromatic carbocycles. The Morgan fingerprint density at radius 2 is 1.38 bits per heavy atom. The first kappa shape index (κ1) is 20.1. The van der Waals surface area contributed by atoms with Crippen molar-refractivity contribution in [3.63, 3.8) is 0 Å². The van der Waals surface area contributed by atoms with Crippen molar-refractivity contribution in [2.45, 2.75) is 0 Å². The molecule has 0 atom stereocenters. The van der Waals surface area contributed by atoms with Crippen molar-refractivity contribution in [1.82, 2.24) is 0 Å². The van der Waals surface area contributed by atoms with Gasteiger partial charge in [-0.25, -0.2) is 0 Å². The lowest BCUT2D eigenvalue weighted by atomic mass is 10.1. The summed E-state index contributed by atoms with van der Waals surface area (Å²) in [6.07, 6.45) is 3.47. The van der Waals surface area contributed by atoms with Crippen LogP contribution < -0.4 is 29.1 Å². The van der Waals surface area contributed by atoms with E-state index in [0.29, 0.717) is 45.5 Å². The summed E-state index contributed by atoms with van der Waals surface area (Å²) in [7, 11) is 7.67. The van der Waals surface area contributed by atoms with Crippen molar-refractivity contribution >= 4 is 23.1 Å². The Kier molecular flexibility index (Phi) is 5.97. The normalized spacial score (nSPS) is 10.9. The monoisotopic (exact) mass is 398 g/mol. The third kappa shape index (κ3) is 3.99. The standard InChI is InChI=1S/C22H22O7/c1-24-15-11-17(25-2)21-16(23)10-14(29-18(21)12-15)7-6-13-8-19(26-3)22(28-5)20(9-13)27-4/h6-12H,1-5H3/b7-6+. The molecule has 152 valence electrons. The van der Waals surface area contributed by atoms with Gasteiger partial charge in [0.15, 0.2) is 16.9 Å². The minimum atomic E-state index is -0.213. The molecule has 0 bridgehead atoms. The van der Waals surface area contributed by atoms with Gasteiger partial charge in [0.1, 0.15) is 28.2 Å². The number of benzene rings is 2. The van der Waals surface area contributed by atoms with E-state index in [1.54, 1.807) is 57.7 Å². The molecule has 0 unspecified atom stereocenters. The molecule has 3 aromatic rings. The van der Waals surface area contributed by atoms with Gasteiger partial charge >= 0.3 is 0 Å². The minimum Gasteiger partial charge on any atom is -0.496 e. The summed E-state index contributed by atoms with van der Waals surface area (Å²) in [4.78, 5) is 12.6. The van der Waals surface area contributed by atoms with E-state index in [0.717, 1.165) is 5.56 Å². The van der Waals surface area contributed by atoms with Gasteiger partial charge < -0.3 is 28.1 Å². The quantitative estimate of drug-likeness (QED) is 0.595. The zero-order chi connectivity index (χ0) is 21.0. The Morgan fingerprint density at radius 3 is 1.93 bits per heavy atom. The minimum absolute atomic E-state index is 0.213. The highest BCUT2D eigenvalue weighted by atomic mass is 16.5. The van der Waals surface area contributed by atoms with Crippen molar-refractivity contribution in [1.29, 1.82) is 0 Å². The predicted octanol–water partition coefficient (Wildman–Crippen LogP) is 4.01. The molecular weight excluding hydrogens is 376 g/mol. The average Bonchev–Trinajstić information content (AvgIpc) is 2.75. The molecule has 7 nitrogen and oxygen atoms in total. The predicted molar refractivity (Wildman–Crippen MR) is 111 cm³/mol. The molecule has 1 aromatic heterocycles. The zero-order valence-electron chi connectivity index (χ0n) is 16.9. The third-order valence-electron chi connectivity index (χ3n) is 4.37. The highest BCUT2D eigenvalue weighted by Gasteiger charge is 2.13. The van der Waals surface area contributed by atoms with Crippen molar-refractivity contribution in [3.05, 3.63) is 51.9 Å². The summed E-state index contributed by atoms with van der Waals surface area (Å²) in [6.45, 7) is 0. The van der Waals surface area contributed by atoms with Gasteiger partial charge in [0.25, 0.3) is 0 Å². The molecule has 0 amide bonds. The summed E-state index contributed by atoms with van der Waals surface area (Å²) in [5.74, 6) is 2.87. The van der Waals surface area contributed by atoms with E-state index in [1.807, 2.05) is 0 Å². The van der Waals surface area contributed by atoms with Crippen molar-refractivity contribution < 1.29 is 28.1 Å². The first-order valence-corrected chi connectivity index (χ1v) is 8.72. The van der Waals surface area contributed by atoms with Gasteiger partial charge in [-0.1, -0.05) is 6.08 Å². The first-order chi connectivity index (χ1) is 14.0. The summed E-state index contributed by atoms with van der Waals surface area (Å²) >= 11 is 0. The molecule has 0 aliphatic heterocycles. The number of fused-ring (bicyclic) bond motifs is 1. The van der Waals surface area contributed by atoms with E-state index in [4.69, 9.17) is 28.1 Å². The molecule has 1 heterocycles. The maximum atomic E-state index is 12.6. The van der Waals surface area contributed by atoms with Crippen LogP contribution in [0.15, 0.2) is 39.5 Å². The van der Waals surface area contributed by atoms with E-state index in [1.165, 1.54) is 20.3 Å². The molecule has 0 saturated heterocycles. The summed E-state index contributed by atoms with van der Waals surface area (Å²) < 4.78 is 32.5.